The maximum atomic E-state index is 2.33. The van der Waals surface area contributed by atoms with E-state index < -0.39 is 0 Å². The quantitative estimate of drug-likeness (QED) is 0.561. The second kappa shape index (κ2) is 2.98. The molecule has 0 heterocycles. The van der Waals surface area contributed by atoms with Gasteiger partial charge in [-0.3, -0.25) is 0 Å². The number of hydrogen-bond donors (Lipinski definition) is 0. The van der Waals surface area contributed by atoms with Crippen LogP contribution in [0.5, 0.6) is 0 Å². The first-order valence-electron chi connectivity index (χ1n) is 6.13. The molecule has 2 aliphatic carbocycles. The highest BCUT2D eigenvalue weighted by Crippen LogP contribution is 2.48. The van der Waals surface area contributed by atoms with Crippen LogP contribution in [0.2, 0.25) is 0 Å². The largest absolute Gasteiger partial charge is 0.0619 e. The van der Waals surface area contributed by atoms with E-state index in [9.17, 15) is 0 Å². The lowest BCUT2D eigenvalue weighted by molar-refractivity contribution is 1.13. The lowest BCUT2D eigenvalue weighted by Crippen LogP contribution is -1.87. The molecule has 0 atom stereocenters. The van der Waals surface area contributed by atoms with E-state index in [4.69, 9.17) is 0 Å². The van der Waals surface area contributed by atoms with E-state index >= 15 is 0 Å². The monoisotopic (exact) mass is 206 g/mol. The fraction of sp³-hybridized carbons (Fsp3) is 0.250. The predicted octanol–water partition coefficient (Wildman–Crippen LogP) is 4.14. The molecule has 0 unspecified atom stereocenters. The van der Waals surface area contributed by atoms with Gasteiger partial charge in [-0.1, -0.05) is 42.5 Å². The molecular formula is C16H14. The Morgan fingerprint density at radius 1 is 0.812 bits per heavy atom. The molecule has 0 aromatic heterocycles. The molecule has 78 valence electrons. The van der Waals surface area contributed by atoms with Gasteiger partial charge >= 0.3 is 0 Å². The Balaban J connectivity index is 2.01. The predicted molar refractivity (Wildman–Crippen MR) is 66.7 cm³/mol. The van der Waals surface area contributed by atoms with Crippen molar-refractivity contribution >= 4 is 0 Å². The van der Waals surface area contributed by atoms with E-state index in [1.807, 2.05) is 0 Å². The second-order valence-electron chi connectivity index (χ2n) is 4.99. The molecule has 0 amide bonds. The lowest BCUT2D eigenvalue weighted by Gasteiger charge is -2.08. The maximum absolute atomic E-state index is 2.33. The Hall–Kier alpha value is -1.56. The van der Waals surface area contributed by atoms with Gasteiger partial charge in [-0.05, 0) is 53.0 Å². The van der Waals surface area contributed by atoms with Crippen molar-refractivity contribution < 1.29 is 0 Å². The molecule has 0 heteroatoms. The fourth-order valence-electron chi connectivity index (χ4n) is 2.95. The van der Waals surface area contributed by atoms with Crippen molar-refractivity contribution in [3.63, 3.8) is 0 Å². The Morgan fingerprint density at radius 2 is 1.62 bits per heavy atom. The van der Waals surface area contributed by atoms with E-state index in [2.05, 4.69) is 42.5 Å². The van der Waals surface area contributed by atoms with Crippen LogP contribution in [0.25, 0.3) is 11.1 Å². The first kappa shape index (κ1) is 8.58. The molecule has 0 radical (unpaired) electrons. The van der Waals surface area contributed by atoms with Crippen LogP contribution in [-0.4, -0.2) is 0 Å². The molecular weight excluding hydrogens is 192 g/mol. The van der Waals surface area contributed by atoms with E-state index in [-0.39, 0.29) is 0 Å². The number of hydrogen-bond acceptors (Lipinski definition) is 0. The Kier molecular flexibility index (Phi) is 1.59. The number of rotatable bonds is 1. The van der Waals surface area contributed by atoms with Crippen molar-refractivity contribution in [3.05, 3.63) is 59.2 Å². The lowest BCUT2D eigenvalue weighted by atomic mass is 9.96. The van der Waals surface area contributed by atoms with Gasteiger partial charge in [0.2, 0.25) is 0 Å². The smallest absolute Gasteiger partial charge is 0.00133 e. The van der Waals surface area contributed by atoms with Crippen molar-refractivity contribution in [1.82, 2.24) is 0 Å². The SMILES string of the molecule is c1ccc2c(c1)Cc1cccc(C3CC3)c1-2. The summed E-state index contributed by atoms with van der Waals surface area (Å²) >= 11 is 0. The van der Waals surface area contributed by atoms with Gasteiger partial charge in [0.15, 0.2) is 0 Å². The molecule has 16 heavy (non-hydrogen) atoms. The molecule has 0 N–H and O–H groups in total. The van der Waals surface area contributed by atoms with Crippen LogP contribution in [0.1, 0.15) is 35.4 Å². The Bertz CT molecular complexity index is 562. The van der Waals surface area contributed by atoms with Crippen molar-refractivity contribution in [2.75, 3.05) is 0 Å². The van der Waals surface area contributed by atoms with Crippen molar-refractivity contribution in [2.24, 2.45) is 0 Å². The van der Waals surface area contributed by atoms with Crippen LogP contribution in [-0.2, 0) is 6.42 Å². The summed E-state index contributed by atoms with van der Waals surface area (Å²) in [6, 6.07) is 15.7. The maximum Gasteiger partial charge on any atom is -0.00133 e. The number of fused-ring (bicyclic) bond motifs is 3. The van der Waals surface area contributed by atoms with Crippen molar-refractivity contribution in [3.8, 4) is 11.1 Å². The average Bonchev–Trinajstić information content (AvgIpc) is 3.09. The highest BCUT2D eigenvalue weighted by molar-refractivity contribution is 5.80. The summed E-state index contributed by atoms with van der Waals surface area (Å²) in [4.78, 5) is 0. The third-order valence-corrected chi connectivity index (χ3v) is 3.87. The number of benzene rings is 2. The van der Waals surface area contributed by atoms with E-state index in [0.29, 0.717) is 0 Å². The third-order valence-electron chi connectivity index (χ3n) is 3.87. The summed E-state index contributed by atoms with van der Waals surface area (Å²) in [6.07, 6.45) is 3.91. The average molecular weight is 206 g/mol. The second-order valence-corrected chi connectivity index (χ2v) is 4.99. The molecule has 0 saturated heterocycles. The first-order chi connectivity index (χ1) is 7.93. The van der Waals surface area contributed by atoms with E-state index in [0.717, 1.165) is 12.3 Å². The van der Waals surface area contributed by atoms with Gasteiger partial charge in [-0.15, -0.1) is 0 Å². The standard InChI is InChI=1S/C16H14/c1-2-6-15-12(4-1)10-13-5-3-7-14(16(13)15)11-8-9-11/h1-7,11H,8-10H2. The molecule has 1 saturated carbocycles. The van der Waals surface area contributed by atoms with Crippen LogP contribution >= 0.6 is 0 Å². The van der Waals surface area contributed by atoms with Gasteiger partial charge in [0, 0.05) is 0 Å². The van der Waals surface area contributed by atoms with Gasteiger partial charge in [-0.2, -0.15) is 0 Å². The highest BCUT2D eigenvalue weighted by atomic mass is 14.3. The van der Waals surface area contributed by atoms with Crippen LogP contribution in [0, 0.1) is 0 Å². The minimum Gasteiger partial charge on any atom is -0.0619 e. The van der Waals surface area contributed by atoms with Crippen LogP contribution < -0.4 is 0 Å². The van der Waals surface area contributed by atoms with Crippen molar-refractivity contribution in [2.45, 2.75) is 25.2 Å². The summed E-state index contributed by atoms with van der Waals surface area (Å²) in [5, 5.41) is 0. The summed E-state index contributed by atoms with van der Waals surface area (Å²) in [7, 11) is 0. The molecule has 2 aromatic rings. The molecule has 0 spiro atoms. The molecule has 2 aromatic carbocycles. The molecule has 4 rings (SSSR count). The van der Waals surface area contributed by atoms with E-state index in [1.165, 1.54) is 29.5 Å². The van der Waals surface area contributed by atoms with Crippen LogP contribution in [0.3, 0.4) is 0 Å². The molecule has 0 bridgehead atoms. The summed E-state index contributed by atoms with van der Waals surface area (Å²) < 4.78 is 0. The van der Waals surface area contributed by atoms with Gasteiger partial charge in [-0.25, -0.2) is 0 Å². The molecule has 0 aliphatic heterocycles. The summed E-state index contributed by atoms with van der Waals surface area (Å²) in [5.41, 5.74) is 7.68. The minimum atomic E-state index is 0.848. The van der Waals surface area contributed by atoms with Gasteiger partial charge < -0.3 is 0 Å². The zero-order valence-electron chi connectivity index (χ0n) is 9.24. The molecule has 0 nitrogen and oxygen atoms in total. The van der Waals surface area contributed by atoms with Gasteiger partial charge in [0.05, 0.1) is 0 Å². The third kappa shape index (κ3) is 1.10. The zero-order valence-corrected chi connectivity index (χ0v) is 9.24. The summed E-state index contributed by atoms with van der Waals surface area (Å²) in [6.45, 7) is 0. The van der Waals surface area contributed by atoms with Gasteiger partial charge in [0.25, 0.3) is 0 Å². The Labute approximate surface area is 95.9 Å². The highest BCUT2D eigenvalue weighted by Gasteiger charge is 2.30. The summed E-state index contributed by atoms with van der Waals surface area (Å²) in [5.74, 6) is 0.848. The zero-order chi connectivity index (χ0) is 10.5. The first-order valence-corrected chi connectivity index (χ1v) is 6.13. The van der Waals surface area contributed by atoms with Gasteiger partial charge in [0.1, 0.15) is 0 Å². The van der Waals surface area contributed by atoms with Crippen LogP contribution in [0.4, 0.5) is 0 Å². The fourth-order valence-corrected chi connectivity index (χ4v) is 2.95. The minimum absolute atomic E-state index is 0.848. The van der Waals surface area contributed by atoms with Crippen LogP contribution in [0.15, 0.2) is 42.5 Å². The van der Waals surface area contributed by atoms with E-state index in [1.54, 1.807) is 11.1 Å². The topological polar surface area (TPSA) is 0 Å². The molecule has 1 fully saturated rings. The molecule has 2 aliphatic rings. The van der Waals surface area contributed by atoms with Crippen molar-refractivity contribution in [1.29, 1.82) is 0 Å². The Morgan fingerprint density at radius 3 is 2.50 bits per heavy atom. The normalized spacial score (nSPS) is 17.0.